The van der Waals surface area contributed by atoms with Crippen molar-refractivity contribution < 1.29 is 14.3 Å². The van der Waals surface area contributed by atoms with Crippen molar-refractivity contribution in [1.29, 1.82) is 0 Å². The molecule has 2 aliphatic rings. The number of hydrogen-bond acceptors (Lipinski definition) is 6. The molecule has 1 aromatic heterocycles. The van der Waals surface area contributed by atoms with Crippen LogP contribution in [0, 0.1) is 0 Å². The summed E-state index contributed by atoms with van der Waals surface area (Å²) in [5, 5.41) is 3.88. The van der Waals surface area contributed by atoms with E-state index in [4.69, 9.17) is 9.47 Å². The Balaban J connectivity index is 1.70. The lowest BCUT2D eigenvalue weighted by Crippen LogP contribution is -2.36. The number of amides is 1. The third kappa shape index (κ3) is 2.85. The van der Waals surface area contributed by atoms with Crippen LogP contribution in [0.2, 0.25) is 0 Å². The SMILES string of the molecule is COc1cccc(C2CC(=O)Nc3nc(N4CCOCC4)sc32)c1. The first-order valence-electron chi connectivity index (χ1n) is 8.02. The number of hydrogen-bond donors (Lipinski definition) is 1. The summed E-state index contributed by atoms with van der Waals surface area (Å²) in [6.45, 7) is 3.11. The first-order valence-corrected chi connectivity index (χ1v) is 8.83. The van der Waals surface area contributed by atoms with Gasteiger partial charge in [-0.05, 0) is 17.7 Å². The third-order valence-corrected chi connectivity index (χ3v) is 5.61. The van der Waals surface area contributed by atoms with Gasteiger partial charge in [0.2, 0.25) is 5.91 Å². The van der Waals surface area contributed by atoms with Crippen molar-refractivity contribution in [3.63, 3.8) is 0 Å². The van der Waals surface area contributed by atoms with E-state index >= 15 is 0 Å². The maximum Gasteiger partial charge on any atom is 0.226 e. The van der Waals surface area contributed by atoms with Gasteiger partial charge in [0.25, 0.3) is 0 Å². The van der Waals surface area contributed by atoms with E-state index in [0.29, 0.717) is 12.2 Å². The molecule has 1 aromatic carbocycles. The standard InChI is InChI=1S/C17H19N3O3S/c1-22-12-4-2-3-11(9-12)13-10-14(21)18-16-15(13)24-17(19-16)20-5-7-23-8-6-20/h2-4,9,13H,5-8,10H2,1H3,(H,18,21). The third-order valence-electron chi connectivity index (χ3n) is 4.38. The van der Waals surface area contributed by atoms with E-state index in [2.05, 4.69) is 15.2 Å². The Hall–Kier alpha value is -2.12. The number of anilines is 2. The van der Waals surface area contributed by atoms with E-state index in [-0.39, 0.29) is 11.8 Å². The summed E-state index contributed by atoms with van der Waals surface area (Å²) in [7, 11) is 1.65. The molecule has 0 saturated carbocycles. The van der Waals surface area contributed by atoms with Crippen LogP contribution in [0.15, 0.2) is 24.3 Å². The van der Waals surface area contributed by atoms with Crippen molar-refractivity contribution in [3.8, 4) is 5.75 Å². The van der Waals surface area contributed by atoms with Crippen LogP contribution in [0.3, 0.4) is 0 Å². The average molecular weight is 345 g/mol. The quantitative estimate of drug-likeness (QED) is 0.926. The Bertz CT molecular complexity index is 755. The molecule has 3 heterocycles. The minimum atomic E-state index is 0.00847. The Morgan fingerprint density at radius 1 is 1.38 bits per heavy atom. The average Bonchev–Trinajstić information content (AvgIpc) is 3.05. The number of thiazole rings is 1. The maximum absolute atomic E-state index is 12.1. The largest absolute Gasteiger partial charge is 0.497 e. The topological polar surface area (TPSA) is 63.7 Å². The number of benzene rings is 1. The van der Waals surface area contributed by atoms with Crippen molar-refractivity contribution in [3.05, 3.63) is 34.7 Å². The van der Waals surface area contributed by atoms with Crippen molar-refractivity contribution in [1.82, 2.24) is 4.98 Å². The van der Waals surface area contributed by atoms with Gasteiger partial charge >= 0.3 is 0 Å². The van der Waals surface area contributed by atoms with Crippen molar-refractivity contribution >= 4 is 28.2 Å². The van der Waals surface area contributed by atoms with Crippen molar-refractivity contribution in [2.45, 2.75) is 12.3 Å². The van der Waals surface area contributed by atoms with Crippen LogP contribution in [0.25, 0.3) is 0 Å². The molecule has 1 atom stereocenters. The fraction of sp³-hybridized carbons (Fsp3) is 0.412. The van der Waals surface area contributed by atoms with Gasteiger partial charge in [0.05, 0.1) is 25.2 Å². The van der Waals surface area contributed by atoms with Gasteiger partial charge in [-0.25, -0.2) is 4.98 Å². The lowest BCUT2D eigenvalue weighted by molar-refractivity contribution is -0.116. The highest BCUT2D eigenvalue weighted by Crippen LogP contribution is 2.43. The molecule has 2 aliphatic heterocycles. The summed E-state index contributed by atoms with van der Waals surface area (Å²) in [5.74, 6) is 1.54. The van der Waals surface area contributed by atoms with Crippen LogP contribution in [0.4, 0.5) is 10.9 Å². The summed E-state index contributed by atoms with van der Waals surface area (Å²) in [4.78, 5) is 20.1. The first-order chi connectivity index (χ1) is 11.7. The summed E-state index contributed by atoms with van der Waals surface area (Å²) in [6.07, 6.45) is 0.435. The van der Waals surface area contributed by atoms with Gasteiger partial charge in [0.1, 0.15) is 11.6 Å². The summed E-state index contributed by atoms with van der Waals surface area (Å²) >= 11 is 1.66. The minimum absolute atomic E-state index is 0.00847. The molecule has 0 bridgehead atoms. The van der Waals surface area contributed by atoms with Gasteiger partial charge in [-0.2, -0.15) is 0 Å². The first kappa shape index (κ1) is 15.4. The van der Waals surface area contributed by atoms with Crippen molar-refractivity contribution in [2.24, 2.45) is 0 Å². The van der Waals surface area contributed by atoms with Crippen LogP contribution in [0.5, 0.6) is 5.75 Å². The van der Waals surface area contributed by atoms with E-state index in [1.807, 2.05) is 24.3 Å². The smallest absolute Gasteiger partial charge is 0.226 e. The molecule has 0 spiro atoms. The number of aromatic nitrogens is 1. The van der Waals surface area contributed by atoms with Crippen LogP contribution in [-0.4, -0.2) is 44.3 Å². The molecule has 2 aromatic rings. The number of nitrogens with one attached hydrogen (secondary N) is 1. The Morgan fingerprint density at radius 2 is 2.21 bits per heavy atom. The number of rotatable bonds is 3. The Kier molecular flexibility index (Phi) is 4.12. The normalized spacial score (nSPS) is 20.5. The molecule has 1 saturated heterocycles. The van der Waals surface area contributed by atoms with Gasteiger partial charge in [-0.1, -0.05) is 23.5 Å². The maximum atomic E-state index is 12.1. The van der Waals surface area contributed by atoms with Gasteiger partial charge in [0.15, 0.2) is 5.13 Å². The molecule has 24 heavy (non-hydrogen) atoms. The predicted octanol–water partition coefficient (Wildman–Crippen LogP) is 2.46. The molecular formula is C17H19N3O3S. The fourth-order valence-electron chi connectivity index (χ4n) is 3.12. The van der Waals surface area contributed by atoms with Crippen LogP contribution in [0.1, 0.15) is 22.8 Å². The van der Waals surface area contributed by atoms with E-state index in [1.54, 1.807) is 18.4 Å². The number of methoxy groups -OCH3 is 1. The molecule has 4 rings (SSSR count). The van der Waals surface area contributed by atoms with Crippen LogP contribution in [-0.2, 0) is 9.53 Å². The second-order valence-corrected chi connectivity index (χ2v) is 6.90. The van der Waals surface area contributed by atoms with Gasteiger partial charge in [0, 0.05) is 25.4 Å². The molecule has 1 unspecified atom stereocenters. The molecule has 7 heteroatoms. The lowest BCUT2D eigenvalue weighted by Gasteiger charge is -2.26. The van der Waals surface area contributed by atoms with E-state index in [0.717, 1.165) is 47.6 Å². The highest BCUT2D eigenvalue weighted by Gasteiger charge is 2.31. The molecular weight excluding hydrogens is 326 g/mol. The number of nitrogens with zero attached hydrogens (tertiary/aromatic N) is 2. The van der Waals surface area contributed by atoms with E-state index in [9.17, 15) is 4.79 Å². The Labute approximate surface area is 144 Å². The molecule has 0 radical (unpaired) electrons. The molecule has 126 valence electrons. The summed E-state index contributed by atoms with van der Waals surface area (Å²) in [5.41, 5.74) is 1.09. The number of carbonyl (C=O) groups excluding carboxylic acids is 1. The number of ether oxygens (including phenoxy) is 2. The van der Waals surface area contributed by atoms with Crippen LogP contribution >= 0.6 is 11.3 Å². The van der Waals surface area contributed by atoms with Crippen LogP contribution < -0.4 is 15.0 Å². The van der Waals surface area contributed by atoms with Gasteiger partial charge in [-0.3, -0.25) is 4.79 Å². The monoisotopic (exact) mass is 345 g/mol. The van der Waals surface area contributed by atoms with E-state index < -0.39 is 0 Å². The summed E-state index contributed by atoms with van der Waals surface area (Å²) < 4.78 is 10.7. The highest BCUT2D eigenvalue weighted by molar-refractivity contribution is 7.16. The predicted molar refractivity (Wildman–Crippen MR) is 93.2 cm³/mol. The molecule has 1 fully saturated rings. The number of fused-ring (bicyclic) bond motifs is 1. The lowest BCUT2D eigenvalue weighted by atomic mass is 9.91. The van der Waals surface area contributed by atoms with Gasteiger partial charge in [-0.15, -0.1) is 0 Å². The molecule has 1 amide bonds. The van der Waals surface area contributed by atoms with Crippen molar-refractivity contribution in [2.75, 3.05) is 43.6 Å². The zero-order valence-corrected chi connectivity index (χ0v) is 14.3. The second kappa shape index (κ2) is 6.41. The number of carbonyl (C=O) groups is 1. The molecule has 6 nitrogen and oxygen atoms in total. The molecule has 1 N–H and O–H groups in total. The minimum Gasteiger partial charge on any atom is -0.497 e. The zero-order chi connectivity index (χ0) is 16.5. The zero-order valence-electron chi connectivity index (χ0n) is 13.4. The second-order valence-electron chi connectivity index (χ2n) is 5.89. The highest BCUT2D eigenvalue weighted by atomic mass is 32.1. The number of morpholine rings is 1. The van der Waals surface area contributed by atoms with E-state index in [1.165, 1.54) is 0 Å². The fourth-order valence-corrected chi connectivity index (χ4v) is 4.32. The summed E-state index contributed by atoms with van der Waals surface area (Å²) in [6, 6.07) is 7.92. The van der Waals surface area contributed by atoms with Gasteiger partial charge < -0.3 is 19.7 Å². The Morgan fingerprint density at radius 3 is 3.00 bits per heavy atom. The molecule has 0 aliphatic carbocycles.